The molecule has 9 heteroatoms. The Hall–Kier alpha value is -3.33. The molecule has 2 aromatic heterocycles. The highest BCUT2D eigenvalue weighted by molar-refractivity contribution is 7.22. The lowest BCUT2D eigenvalue weighted by molar-refractivity contribution is 0.0935. The number of hydrogen-bond donors (Lipinski definition) is 2. The number of benzene rings is 2. The van der Waals surface area contributed by atoms with E-state index in [1.165, 1.54) is 29.8 Å². The van der Waals surface area contributed by atoms with Crippen LogP contribution in [0.1, 0.15) is 29.6 Å². The summed E-state index contributed by atoms with van der Waals surface area (Å²) in [6.45, 7) is 0. The zero-order valence-corrected chi connectivity index (χ0v) is 16.8. The van der Waals surface area contributed by atoms with Gasteiger partial charge in [0.15, 0.2) is 5.13 Å². The number of hydrogen-bond acceptors (Lipinski definition) is 6. The van der Waals surface area contributed by atoms with Crippen molar-refractivity contribution in [3.63, 3.8) is 0 Å². The lowest BCUT2D eigenvalue weighted by atomic mass is 10.1. The van der Waals surface area contributed by atoms with Crippen LogP contribution in [0, 0.1) is 5.82 Å². The molecule has 1 fully saturated rings. The molecule has 30 heavy (non-hydrogen) atoms. The summed E-state index contributed by atoms with van der Waals surface area (Å²) in [5, 5.41) is 11.5. The summed E-state index contributed by atoms with van der Waals surface area (Å²) in [5.74, 6) is -0.416. The average Bonchev–Trinajstić information content (AvgIpc) is 3.49. The number of para-hydroxylation sites is 1. The number of carbonyl (C=O) groups is 1. The number of fused-ring (bicyclic) bond motifs is 1. The molecule has 0 spiro atoms. The maximum atomic E-state index is 13.5. The Morgan fingerprint density at radius 2 is 2.03 bits per heavy atom. The summed E-state index contributed by atoms with van der Waals surface area (Å²) in [6, 6.07) is 12.0. The fourth-order valence-corrected chi connectivity index (χ4v) is 4.82. The first-order valence-electron chi connectivity index (χ1n) is 9.75. The van der Waals surface area contributed by atoms with Gasteiger partial charge in [-0.15, -0.1) is 0 Å². The minimum absolute atomic E-state index is 0.0231. The lowest BCUT2D eigenvalue weighted by Gasteiger charge is -2.22. The van der Waals surface area contributed by atoms with Gasteiger partial charge in [0, 0.05) is 12.1 Å². The summed E-state index contributed by atoms with van der Waals surface area (Å²) in [4.78, 5) is 21.5. The van der Waals surface area contributed by atoms with Crippen LogP contribution in [0.5, 0.6) is 0 Å². The highest BCUT2D eigenvalue weighted by atomic mass is 32.1. The van der Waals surface area contributed by atoms with Crippen molar-refractivity contribution in [3.8, 4) is 5.69 Å². The molecule has 0 saturated heterocycles. The van der Waals surface area contributed by atoms with Crippen LogP contribution in [0.25, 0.3) is 15.9 Å². The van der Waals surface area contributed by atoms with Gasteiger partial charge in [0.05, 0.1) is 21.5 Å². The van der Waals surface area contributed by atoms with Gasteiger partial charge in [-0.25, -0.2) is 19.0 Å². The van der Waals surface area contributed by atoms with E-state index in [0.29, 0.717) is 11.3 Å². The van der Waals surface area contributed by atoms with E-state index >= 15 is 0 Å². The Morgan fingerprint density at radius 1 is 1.17 bits per heavy atom. The number of anilines is 1. The molecule has 2 heterocycles. The van der Waals surface area contributed by atoms with Crippen LogP contribution in [0.3, 0.4) is 0 Å². The van der Waals surface area contributed by atoms with Crippen molar-refractivity contribution in [3.05, 3.63) is 66.5 Å². The van der Waals surface area contributed by atoms with Gasteiger partial charge < -0.3 is 10.6 Å². The van der Waals surface area contributed by atoms with E-state index in [9.17, 15) is 9.18 Å². The molecule has 1 aliphatic rings. The summed E-state index contributed by atoms with van der Waals surface area (Å²) >= 11 is 1.42. The number of rotatable bonds is 5. The maximum Gasteiger partial charge on any atom is 0.253 e. The Balaban J connectivity index is 1.33. The third kappa shape index (κ3) is 3.63. The van der Waals surface area contributed by atoms with Crippen molar-refractivity contribution >= 4 is 32.6 Å². The van der Waals surface area contributed by atoms with E-state index in [2.05, 4.69) is 25.7 Å². The van der Waals surface area contributed by atoms with E-state index in [4.69, 9.17) is 0 Å². The predicted molar refractivity (Wildman–Crippen MR) is 113 cm³/mol. The van der Waals surface area contributed by atoms with Crippen LogP contribution in [0.4, 0.5) is 9.52 Å². The van der Waals surface area contributed by atoms with Gasteiger partial charge in [0.2, 0.25) is 0 Å². The normalized spacial score (nSPS) is 18.6. The van der Waals surface area contributed by atoms with Gasteiger partial charge in [-0.3, -0.25) is 4.79 Å². The molecule has 7 nitrogen and oxygen atoms in total. The molecule has 0 aliphatic heterocycles. The lowest BCUT2D eigenvalue weighted by Crippen LogP contribution is -2.43. The van der Waals surface area contributed by atoms with E-state index in [1.807, 2.05) is 18.2 Å². The first-order chi connectivity index (χ1) is 14.7. The monoisotopic (exact) mass is 422 g/mol. The third-order valence-corrected chi connectivity index (χ3v) is 6.26. The molecule has 2 aromatic carbocycles. The second-order valence-electron chi connectivity index (χ2n) is 7.25. The van der Waals surface area contributed by atoms with Gasteiger partial charge >= 0.3 is 0 Å². The molecule has 2 N–H and O–H groups in total. The van der Waals surface area contributed by atoms with Crippen LogP contribution in [0.15, 0.2) is 55.1 Å². The molecular formula is C21H19FN6OS. The molecule has 152 valence electrons. The molecule has 0 unspecified atom stereocenters. The van der Waals surface area contributed by atoms with Crippen molar-refractivity contribution < 1.29 is 9.18 Å². The van der Waals surface area contributed by atoms with Crippen LogP contribution < -0.4 is 10.6 Å². The Morgan fingerprint density at radius 3 is 2.90 bits per heavy atom. The summed E-state index contributed by atoms with van der Waals surface area (Å²) in [5.41, 5.74) is 2.00. The van der Waals surface area contributed by atoms with E-state index in [1.54, 1.807) is 23.1 Å². The van der Waals surface area contributed by atoms with Gasteiger partial charge in [-0.2, -0.15) is 5.10 Å². The number of amides is 1. The van der Waals surface area contributed by atoms with E-state index in [-0.39, 0.29) is 23.8 Å². The highest BCUT2D eigenvalue weighted by Gasteiger charge is 2.30. The first-order valence-corrected chi connectivity index (χ1v) is 10.6. The fraction of sp³-hybridized carbons (Fsp3) is 0.238. The smallest absolute Gasteiger partial charge is 0.253 e. The van der Waals surface area contributed by atoms with Crippen molar-refractivity contribution in [1.82, 2.24) is 25.1 Å². The SMILES string of the molecule is O=C(N[C@@H]1CCC[C@@H]1Nc1nc2ccc(F)cc2s1)c1ccccc1-n1cncn1. The van der Waals surface area contributed by atoms with Crippen molar-refractivity contribution in [2.45, 2.75) is 31.3 Å². The quantitative estimate of drug-likeness (QED) is 0.511. The standard InChI is InChI=1S/C21H19FN6OS/c22-13-8-9-17-19(10-13)30-21(27-17)26-16-6-3-5-15(16)25-20(29)14-4-1-2-7-18(14)28-12-23-11-24-28/h1-2,4,7-12,15-16H,3,5-6H2,(H,25,29)(H,26,27)/t15-,16+/m1/s1. The molecule has 4 aromatic rings. The zero-order chi connectivity index (χ0) is 20.5. The minimum Gasteiger partial charge on any atom is -0.357 e. The number of halogens is 1. The Kier molecular flexibility index (Phi) is 4.88. The van der Waals surface area contributed by atoms with E-state index in [0.717, 1.165) is 34.6 Å². The summed E-state index contributed by atoms with van der Waals surface area (Å²) in [6.07, 6.45) is 5.83. The third-order valence-electron chi connectivity index (χ3n) is 5.31. The molecule has 1 aliphatic carbocycles. The second-order valence-corrected chi connectivity index (χ2v) is 8.28. The minimum atomic E-state index is -0.269. The van der Waals surface area contributed by atoms with E-state index < -0.39 is 0 Å². The number of nitrogens with one attached hydrogen (secondary N) is 2. The average molecular weight is 422 g/mol. The molecule has 5 rings (SSSR count). The first kappa shape index (κ1) is 18.7. The topological polar surface area (TPSA) is 84.7 Å². The fourth-order valence-electron chi connectivity index (χ4n) is 3.87. The van der Waals surface area contributed by atoms with Crippen molar-refractivity contribution in [2.75, 3.05) is 5.32 Å². The van der Waals surface area contributed by atoms with Crippen molar-refractivity contribution in [2.24, 2.45) is 0 Å². The molecule has 0 radical (unpaired) electrons. The molecule has 1 amide bonds. The number of carbonyl (C=O) groups excluding carboxylic acids is 1. The Bertz CT molecular complexity index is 1190. The number of thiazole rings is 1. The Labute approximate surface area is 176 Å². The van der Waals surface area contributed by atoms with Crippen LogP contribution >= 0.6 is 11.3 Å². The largest absolute Gasteiger partial charge is 0.357 e. The van der Waals surface area contributed by atoms with Crippen molar-refractivity contribution in [1.29, 1.82) is 0 Å². The number of aromatic nitrogens is 4. The van der Waals surface area contributed by atoms with Gasteiger partial charge in [0.1, 0.15) is 18.5 Å². The van der Waals surface area contributed by atoms with Crippen LogP contribution in [0.2, 0.25) is 0 Å². The molecule has 1 saturated carbocycles. The second kappa shape index (κ2) is 7.83. The number of nitrogens with zero attached hydrogens (tertiary/aromatic N) is 4. The molecule has 0 bridgehead atoms. The summed E-state index contributed by atoms with van der Waals surface area (Å²) < 4.78 is 15.8. The van der Waals surface area contributed by atoms with Gasteiger partial charge in [-0.05, 0) is 49.6 Å². The van der Waals surface area contributed by atoms with Gasteiger partial charge in [0.25, 0.3) is 5.91 Å². The predicted octanol–water partition coefficient (Wildman–Crippen LogP) is 3.78. The van der Waals surface area contributed by atoms with Gasteiger partial charge in [-0.1, -0.05) is 23.5 Å². The zero-order valence-electron chi connectivity index (χ0n) is 16.0. The summed E-state index contributed by atoms with van der Waals surface area (Å²) in [7, 11) is 0. The van der Waals surface area contributed by atoms with Crippen LogP contribution in [-0.2, 0) is 0 Å². The highest BCUT2D eigenvalue weighted by Crippen LogP contribution is 2.30. The molecular weight excluding hydrogens is 403 g/mol. The maximum absolute atomic E-state index is 13.5. The van der Waals surface area contributed by atoms with Crippen LogP contribution in [-0.4, -0.2) is 37.7 Å². The molecule has 2 atom stereocenters.